The van der Waals surface area contributed by atoms with Crippen LogP contribution in [0.15, 0.2) is 0 Å². The smallest absolute Gasteiger partial charge is 0.337 e. The maximum absolute atomic E-state index is 11.2. The molecule has 0 radical (unpaired) electrons. The van der Waals surface area contributed by atoms with E-state index in [2.05, 4.69) is 4.74 Å². The van der Waals surface area contributed by atoms with E-state index in [-0.39, 0.29) is 5.92 Å². The van der Waals surface area contributed by atoms with Crippen LogP contribution in [0.3, 0.4) is 0 Å². The van der Waals surface area contributed by atoms with Gasteiger partial charge in [0, 0.05) is 19.1 Å². The average molecular weight is 188 g/mol. The molecule has 0 aromatic heterocycles. The van der Waals surface area contributed by atoms with Crippen LogP contribution in [-0.2, 0) is 14.3 Å². The molecule has 0 aromatic carbocycles. The molecule has 0 aliphatic carbocycles. The van der Waals surface area contributed by atoms with Gasteiger partial charge in [0.15, 0.2) is 5.60 Å². The van der Waals surface area contributed by atoms with E-state index in [1.807, 2.05) is 0 Å². The quantitative estimate of drug-likeness (QED) is 0.635. The Hall–Kier alpha value is -0.610. The minimum atomic E-state index is -1.36. The summed E-state index contributed by atoms with van der Waals surface area (Å²) >= 11 is 0. The summed E-state index contributed by atoms with van der Waals surface area (Å²) in [5.74, 6) is -0.604. The Morgan fingerprint density at radius 3 is 2.54 bits per heavy atom. The summed E-state index contributed by atoms with van der Waals surface area (Å²) in [6.45, 7) is 2.73. The second kappa shape index (κ2) is 4.07. The summed E-state index contributed by atoms with van der Waals surface area (Å²) in [7, 11) is 1.29. The molecule has 1 heterocycles. The number of hydrogen-bond acceptors (Lipinski definition) is 4. The van der Waals surface area contributed by atoms with Crippen molar-refractivity contribution in [3.8, 4) is 0 Å². The minimum Gasteiger partial charge on any atom is -0.467 e. The first-order chi connectivity index (χ1) is 6.09. The Labute approximate surface area is 77.8 Å². The average Bonchev–Trinajstić information content (AvgIpc) is 2.18. The van der Waals surface area contributed by atoms with Gasteiger partial charge in [-0.3, -0.25) is 0 Å². The zero-order chi connectivity index (χ0) is 9.90. The van der Waals surface area contributed by atoms with Gasteiger partial charge in [-0.05, 0) is 19.8 Å². The number of carbonyl (C=O) groups excluding carboxylic acids is 1. The first-order valence-electron chi connectivity index (χ1n) is 4.47. The van der Waals surface area contributed by atoms with Gasteiger partial charge in [0.2, 0.25) is 0 Å². The van der Waals surface area contributed by atoms with Crippen LogP contribution in [0.2, 0.25) is 0 Å². The molecule has 0 saturated carbocycles. The summed E-state index contributed by atoms with van der Waals surface area (Å²) in [6, 6.07) is 0. The van der Waals surface area contributed by atoms with Gasteiger partial charge in [-0.25, -0.2) is 4.79 Å². The zero-order valence-electron chi connectivity index (χ0n) is 8.08. The van der Waals surface area contributed by atoms with E-state index in [1.165, 1.54) is 14.0 Å². The molecule has 76 valence electrons. The number of ether oxygens (including phenoxy) is 2. The fourth-order valence-corrected chi connectivity index (χ4v) is 1.63. The summed E-state index contributed by atoms with van der Waals surface area (Å²) in [4.78, 5) is 11.2. The molecule has 4 heteroatoms. The highest BCUT2D eigenvalue weighted by molar-refractivity contribution is 5.79. The Morgan fingerprint density at radius 1 is 1.54 bits per heavy atom. The molecule has 1 aliphatic heterocycles. The van der Waals surface area contributed by atoms with E-state index < -0.39 is 11.6 Å². The van der Waals surface area contributed by atoms with E-state index in [0.717, 1.165) is 0 Å². The number of carbonyl (C=O) groups is 1. The molecule has 1 aliphatic rings. The second-order valence-corrected chi connectivity index (χ2v) is 3.53. The summed E-state index contributed by atoms with van der Waals surface area (Å²) < 4.78 is 9.68. The van der Waals surface area contributed by atoms with Crippen LogP contribution < -0.4 is 0 Å². The van der Waals surface area contributed by atoms with E-state index >= 15 is 0 Å². The maximum Gasteiger partial charge on any atom is 0.337 e. The fraction of sp³-hybridized carbons (Fsp3) is 0.889. The topological polar surface area (TPSA) is 55.8 Å². The third-order valence-corrected chi connectivity index (χ3v) is 2.61. The van der Waals surface area contributed by atoms with E-state index in [0.29, 0.717) is 26.1 Å². The molecular weight excluding hydrogens is 172 g/mol. The normalized spacial score (nSPS) is 23.6. The SMILES string of the molecule is COC(=O)C(C)(O)C1CCOCC1. The van der Waals surface area contributed by atoms with Crippen molar-refractivity contribution < 1.29 is 19.4 Å². The van der Waals surface area contributed by atoms with Crippen LogP contribution in [-0.4, -0.2) is 37.0 Å². The summed E-state index contributed by atoms with van der Waals surface area (Å²) in [5.41, 5.74) is -1.36. The molecule has 1 atom stereocenters. The first-order valence-corrected chi connectivity index (χ1v) is 4.47. The molecule has 1 saturated heterocycles. The van der Waals surface area contributed by atoms with Crippen LogP contribution in [0.4, 0.5) is 0 Å². The Kier molecular flexibility index (Phi) is 3.27. The molecule has 1 rings (SSSR count). The highest BCUT2D eigenvalue weighted by Crippen LogP contribution is 2.28. The van der Waals surface area contributed by atoms with Gasteiger partial charge >= 0.3 is 5.97 Å². The molecule has 1 unspecified atom stereocenters. The Bertz CT molecular complexity index is 182. The number of rotatable bonds is 2. The predicted octanol–water partition coefficient (Wildman–Crippen LogP) is 0.337. The van der Waals surface area contributed by atoms with Gasteiger partial charge in [-0.15, -0.1) is 0 Å². The minimum absolute atomic E-state index is 0.0475. The molecule has 13 heavy (non-hydrogen) atoms. The van der Waals surface area contributed by atoms with Crippen molar-refractivity contribution in [2.45, 2.75) is 25.4 Å². The molecule has 4 nitrogen and oxygen atoms in total. The fourth-order valence-electron chi connectivity index (χ4n) is 1.63. The molecule has 0 spiro atoms. The van der Waals surface area contributed by atoms with Gasteiger partial charge in [-0.1, -0.05) is 0 Å². The van der Waals surface area contributed by atoms with Crippen molar-refractivity contribution in [2.75, 3.05) is 20.3 Å². The predicted molar refractivity (Wildman–Crippen MR) is 46.2 cm³/mol. The molecule has 1 fully saturated rings. The number of methoxy groups -OCH3 is 1. The number of hydrogen-bond donors (Lipinski definition) is 1. The van der Waals surface area contributed by atoms with E-state index in [4.69, 9.17) is 4.74 Å². The Balaban J connectivity index is 2.60. The lowest BCUT2D eigenvalue weighted by Crippen LogP contribution is -2.45. The van der Waals surface area contributed by atoms with Crippen molar-refractivity contribution in [1.82, 2.24) is 0 Å². The number of aliphatic hydroxyl groups is 1. The molecule has 0 aromatic rings. The van der Waals surface area contributed by atoms with Gasteiger partial charge < -0.3 is 14.6 Å². The zero-order valence-corrected chi connectivity index (χ0v) is 8.08. The standard InChI is InChI=1S/C9H16O4/c1-9(11,8(10)12-2)7-3-5-13-6-4-7/h7,11H,3-6H2,1-2H3. The molecule has 0 amide bonds. The van der Waals surface area contributed by atoms with Crippen LogP contribution in [0, 0.1) is 5.92 Å². The van der Waals surface area contributed by atoms with Crippen molar-refractivity contribution in [1.29, 1.82) is 0 Å². The van der Waals surface area contributed by atoms with Gasteiger partial charge in [0.05, 0.1) is 7.11 Å². The van der Waals surface area contributed by atoms with Crippen molar-refractivity contribution >= 4 is 5.97 Å². The summed E-state index contributed by atoms with van der Waals surface area (Å²) in [6.07, 6.45) is 1.42. The molecular formula is C9H16O4. The first kappa shape index (κ1) is 10.5. The van der Waals surface area contributed by atoms with Crippen LogP contribution in [0.25, 0.3) is 0 Å². The Morgan fingerprint density at radius 2 is 2.08 bits per heavy atom. The summed E-state index contributed by atoms with van der Waals surface area (Å²) in [5, 5.41) is 9.88. The lowest BCUT2D eigenvalue weighted by atomic mass is 9.83. The monoisotopic (exact) mass is 188 g/mol. The maximum atomic E-state index is 11.2. The van der Waals surface area contributed by atoms with Gasteiger partial charge in [0.1, 0.15) is 0 Å². The van der Waals surface area contributed by atoms with Gasteiger partial charge in [-0.2, -0.15) is 0 Å². The van der Waals surface area contributed by atoms with Crippen LogP contribution in [0.1, 0.15) is 19.8 Å². The highest BCUT2D eigenvalue weighted by atomic mass is 16.5. The lowest BCUT2D eigenvalue weighted by Gasteiger charge is -2.32. The van der Waals surface area contributed by atoms with Crippen LogP contribution >= 0.6 is 0 Å². The van der Waals surface area contributed by atoms with Crippen molar-refractivity contribution in [3.63, 3.8) is 0 Å². The van der Waals surface area contributed by atoms with E-state index in [9.17, 15) is 9.90 Å². The molecule has 1 N–H and O–H groups in total. The van der Waals surface area contributed by atoms with Crippen molar-refractivity contribution in [2.24, 2.45) is 5.92 Å². The second-order valence-electron chi connectivity index (χ2n) is 3.53. The number of esters is 1. The third kappa shape index (κ3) is 2.19. The van der Waals surface area contributed by atoms with Crippen molar-refractivity contribution in [3.05, 3.63) is 0 Å². The highest BCUT2D eigenvalue weighted by Gasteiger charge is 2.40. The molecule has 0 bridgehead atoms. The largest absolute Gasteiger partial charge is 0.467 e. The third-order valence-electron chi connectivity index (χ3n) is 2.61. The van der Waals surface area contributed by atoms with E-state index in [1.54, 1.807) is 0 Å². The van der Waals surface area contributed by atoms with Crippen LogP contribution in [0.5, 0.6) is 0 Å². The van der Waals surface area contributed by atoms with Gasteiger partial charge in [0.25, 0.3) is 0 Å². The lowest BCUT2D eigenvalue weighted by molar-refractivity contribution is -0.169.